The average Bonchev–Trinajstić information content (AvgIpc) is 3.12. The van der Waals surface area contributed by atoms with E-state index in [2.05, 4.69) is 19.7 Å². The second kappa shape index (κ2) is 5.51. The van der Waals surface area contributed by atoms with Crippen LogP contribution < -0.4 is 16.0 Å². The number of imidazole rings is 1. The largest absolute Gasteiger partial charge is 0.335 e. The van der Waals surface area contributed by atoms with E-state index < -0.39 is 21.3 Å². The summed E-state index contributed by atoms with van der Waals surface area (Å²) in [5, 5.41) is 1.62. The first kappa shape index (κ1) is 14.7. The summed E-state index contributed by atoms with van der Waals surface area (Å²) in [7, 11) is -3.74. The van der Waals surface area contributed by atoms with Crippen molar-refractivity contribution in [1.82, 2.24) is 24.2 Å². The smallest absolute Gasteiger partial charge is 0.328 e. The molecule has 3 rings (SSSR count). The highest BCUT2D eigenvalue weighted by Crippen LogP contribution is 2.11. The molecule has 3 N–H and O–H groups in total. The Hall–Kier alpha value is -2.24. The lowest BCUT2D eigenvalue weighted by Crippen LogP contribution is -2.38. The van der Waals surface area contributed by atoms with Gasteiger partial charge in [0.15, 0.2) is 5.03 Å². The standard InChI is InChI=1S/C11H11N5O4S2/c17-10-9-7(1-4-21-9)15-11(18)16(10)3-2-14-22(19,20)8-5-12-6-13-8/h1,4-6,14H,2-3H2,(H,12,13)(H,15,18). The van der Waals surface area contributed by atoms with Crippen LogP contribution in [0.5, 0.6) is 0 Å². The summed E-state index contributed by atoms with van der Waals surface area (Å²) >= 11 is 1.22. The lowest BCUT2D eigenvalue weighted by Gasteiger charge is -2.06. The van der Waals surface area contributed by atoms with Crippen LogP contribution in [0, 0.1) is 0 Å². The van der Waals surface area contributed by atoms with Gasteiger partial charge in [-0.05, 0) is 11.4 Å². The Morgan fingerprint density at radius 1 is 1.36 bits per heavy atom. The minimum Gasteiger partial charge on any atom is -0.335 e. The number of aromatic amines is 2. The molecule has 0 radical (unpaired) electrons. The highest BCUT2D eigenvalue weighted by atomic mass is 32.2. The lowest BCUT2D eigenvalue weighted by molar-refractivity contribution is 0.563. The van der Waals surface area contributed by atoms with Gasteiger partial charge in [-0.2, -0.15) is 0 Å². The molecule has 0 fully saturated rings. The maximum Gasteiger partial charge on any atom is 0.328 e. The summed E-state index contributed by atoms with van der Waals surface area (Å²) < 4.78 is 27.4. The zero-order valence-corrected chi connectivity index (χ0v) is 12.7. The van der Waals surface area contributed by atoms with E-state index in [1.54, 1.807) is 11.4 Å². The van der Waals surface area contributed by atoms with Gasteiger partial charge in [-0.15, -0.1) is 11.3 Å². The molecule has 0 bridgehead atoms. The first-order valence-corrected chi connectivity index (χ1v) is 8.54. The monoisotopic (exact) mass is 341 g/mol. The third-order valence-corrected chi connectivity index (χ3v) is 5.27. The highest BCUT2D eigenvalue weighted by molar-refractivity contribution is 7.89. The Labute approximate surface area is 127 Å². The van der Waals surface area contributed by atoms with Crippen LogP contribution in [-0.4, -0.2) is 34.5 Å². The number of thiophene rings is 1. The molecular weight excluding hydrogens is 330 g/mol. The number of fused-ring (bicyclic) bond motifs is 1. The van der Waals surface area contributed by atoms with Gasteiger partial charge in [0.05, 0.1) is 18.0 Å². The Balaban J connectivity index is 1.80. The van der Waals surface area contributed by atoms with Crippen molar-refractivity contribution in [1.29, 1.82) is 0 Å². The molecule has 9 nitrogen and oxygen atoms in total. The number of H-pyrrole nitrogens is 2. The van der Waals surface area contributed by atoms with Gasteiger partial charge in [0.25, 0.3) is 15.6 Å². The van der Waals surface area contributed by atoms with E-state index in [1.165, 1.54) is 23.9 Å². The molecule has 0 spiro atoms. The Bertz CT molecular complexity index is 1010. The normalized spacial score (nSPS) is 12.0. The van der Waals surface area contributed by atoms with Crippen LogP contribution >= 0.6 is 11.3 Å². The van der Waals surface area contributed by atoms with Crippen LogP contribution in [-0.2, 0) is 16.6 Å². The third-order valence-electron chi connectivity index (χ3n) is 2.98. The number of hydrogen-bond donors (Lipinski definition) is 3. The fourth-order valence-electron chi connectivity index (χ4n) is 1.93. The molecular formula is C11H11N5O4S2. The minimum absolute atomic E-state index is 0.0740. The molecule has 11 heteroatoms. The molecule has 0 aliphatic heterocycles. The van der Waals surface area contributed by atoms with E-state index in [4.69, 9.17) is 0 Å². The molecule has 22 heavy (non-hydrogen) atoms. The van der Waals surface area contributed by atoms with Gasteiger partial charge in [0.2, 0.25) is 0 Å². The van der Waals surface area contributed by atoms with Crippen LogP contribution in [0.3, 0.4) is 0 Å². The predicted molar refractivity (Wildman–Crippen MR) is 80.5 cm³/mol. The Morgan fingerprint density at radius 2 is 2.18 bits per heavy atom. The van der Waals surface area contributed by atoms with E-state index in [9.17, 15) is 18.0 Å². The molecule has 0 unspecified atom stereocenters. The molecule has 0 aliphatic rings. The van der Waals surface area contributed by atoms with Gasteiger partial charge in [-0.1, -0.05) is 0 Å². The van der Waals surface area contributed by atoms with Crippen molar-refractivity contribution in [2.45, 2.75) is 11.6 Å². The number of rotatable bonds is 5. The molecule has 0 aliphatic carbocycles. The zero-order valence-electron chi connectivity index (χ0n) is 11.1. The van der Waals surface area contributed by atoms with Crippen molar-refractivity contribution in [3.8, 4) is 0 Å². The molecule has 0 atom stereocenters. The predicted octanol–water partition coefficient (Wildman–Crippen LogP) is -0.547. The van der Waals surface area contributed by atoms with Crippen LogP contribution in [0.25, 0.3) is 10.2 Å². The number of hydrogen-bond acceptors (Lipinski definition) is 6. The van der Waals surface area contributed by atoms with Crippen LogP contribution in [0.2, 0.25) is 0 Å². The van der Waals surface area contributed by atoms with Crippen LogP contribution in [0.4, 0.5) is 0 Å². The van der Waals surface area contributed by atoms with Crippen LogP contribution in [0.1, 0.15) is 0 Å². The Kier molecular flexibility index (Phi) is 3.68. The van der Waals surface area contributed by atoms with Gasteiger partial charge in [0.1, 0.15) is 4.70 Å². The van der Waals surface area contributed by atoms with Crippen molar-refractivity contribution >= 4 is 31.6 Å². The number of nitrogens with zero attached hydrogens (tertiary/aromatic N) is 2. The van der Waals surface area contributed by atoms with Gasteiger partial charge < -0.3 is 9.97 Å². The lowest BCUT2D eigenvalue weighted by atomic mass is 10.4. The van der Waals surface area contributed by atoms with Crippen LogP contribution in [0.15, 0.2) is 38.6 Å². The van der Waals surface area contributed by atoms with Crippen molar-refractivity contribution < 1.29 is 8.42 Å². The van der Waals surface area contributed by atoms with E-state index in [0.29, 0.717) is 10.2 Å². The summed E-state index contributed by atoms with van der Waals surface area (Å²) in [6.45, 7) is -0.170. The second-order valence-electron chi connectivity index (χ2n) is 4.36. The van der Waals surface area contributed by atoms with E-state index in [-0.39, 0.29) is 18.1 Å². The topological polar surface area (TPSA) is 130 Å². The maximum atomic E-state index is 12.2. The first-order valence-electron chi connectivity index (χ1n) is 6.17. The van der Waals surface area contributed by atoms with Crippen molar-refractivity contribution in [3.05, 3.63) is 44.8 Å². The van der Waals surface area contributed by atoms with E-state index >= 15 is 0 Å². The third kappa shape index (κ3) is 2.61. The quantitative estimate of drug-likeness (QED) is 0.573. The number of nitrogens with one attached hydrogen (secondary N) is 3. The van der Waals surface area contributed by atoms with Gasteiger partial charge in [0, 0.05) is 13.1 Å². The summed E-state index contributed by atoms with van der Waals surface area (Å²) in [5.41, 5.74) is -0.527. The summed E-state index contributed by atoms with van der Waals surface area (Å²) in [5.74, 6) is 0. The first-order chi connectivity index (χ1) is 10.5. The average molecular weight is 341 g/mol. The molecule has 3 aromatic rings. The molecule has 116 valence electrons. The van der Waals surface area contributed by atoms with Gasteiger partial charge in [-0.25, -0.2) is 22.9 Å². The summed E-state index contributed by atoms with van der Waals surface area (Å²) in [4.78, 5) is 32.7. The Morgan fingerprint density at radius 3 is 2.91 bits per heavy atom. The second-order valence-corrected chi connectivity index (χ2v) is 7.02. The molecule has 0 saturated carbocycles. The van der Waals surface area contributed by atoms with Crippen molar-refractivity contribution in [3.63, 3.8) is 0 Å². The number of aromatic nitrogens is 4. The SMILES string of the molecule is O=c1[nH]c2ccsc2c(=O)n1CCNS(=O)(=O)c1cnc[nH]1. The van der Waals surface area contributed by atoms with Crippen molar-refractivity contribution in [2.75, 3.05) is 6.54 Å². The molecule has 3 aromatic heterocycles. The maximum absolute atomic E-state index is 12.2. The van der Waals surface area contributed by atoms with Gasteiger partial charge >= 0.3 is 5.69 Å². The number of sulfonamides is 1. The van der Waals surface area contributed by atoms with E-state index in [0.717, 1.165) is 4.57 Å². The summed E-state index contributed by atoms with van der Waals surface area (Å²) in [6.07, 6.45) is 2.41. The van der Waals surface area contributed by atoms with Crippen molar-refractivity contribution in [2.24, 2.45) is 0 Å². The molecule has 0 saturated heterocycles. The minimum atomic E-state index is -3.74. The zero-order chi connectivity index (χ0) is 15.7. The highest BCUT2D eigenvalue weighted by Gasteiger charge is 2.15. The molecule has 0 aromatic carbocycles. The fourth-order valence-corrected chi connectivity index (χ4v) is 3.65. The molecule has 3 heterocycles. The fraction of sp³-hybridized carbons (Fsp3) is 0.182. The van der Waals surface area contributed by atoms with E-state index in [1.807, 2.05) is 0 Å². The molecule has 0 amide bonds. The summed E-state index contributed by atoms with van der Waals surface area (Å²) in [6, 6.07) is 1.65. The van der Waals surface area contributed by atoms with Gasteiger partial charge in [-0.3, -0.25) is 9.36 Å².